The monoisotopic (exact) mass is 353 g/mol. The standard InChI is InChI=1S/C10H16IN3O3/c1-2-17-8(4-3-5-15)14-6-7(11)9(12)13-10(14)16/h6,8,15H,2-5H2,1H3,(H2,12,13,16). The highest BCUT2D eigenvalue weighted by atomic mass is 127. The predicted octanol–water partition coefficient (Wildman–Crippen LogP) is 0.738. The Morgan fingerprint density at radius 1 is 1.71 bits per heavy atom. The van der Waals surface area contributed by atoms with E-state index in [1.54, 1.807) is 6.20 Å². The molecule has 96 valence electrons. The largest absolute Gasteiger partial charge is 0.396 e. The van der Waals surface area contributed by atoms with Crippen molar-refractivity contribution in [2.45, 2.75) is 26.0 Å². The van der Waals surface area contributed by atoms with E-state index >= 15 is 0 Å². The summed E-state index contributed by atoms with van der Waals surface area (Å²) in [6, 6.07) is 0. The van der Waals surface area contributed by atoms with Crippen LogP contribution in [0, 0.1) is 3.57 Å². The van der Waals surface area contributed by atoms with Crippen LogP contribution in [0.15, 0.2) is 11.0 Å². The van der Waals surface area contributed by atoms with E-state index in [-0.39, 0.29) is 12.4 Å². The minimum Gasteiger partial charge on any atom is -0.396 e. The summed E-state index contributed by atoms with van der Waals surface area (Å²) in [7, 11) is 0. The van der Waals surface area contributed by atoms with Crippen molar-refractivity contribution in [1.82, 2.24) is 9.55 Å². The Labute approximate surface area is 113 Å². The van der Waals surface area contributed by atoms with Crippen molar-refractivity contribution in [1.29, 1.82) is 0 Å². The Hall–Kier alpha value is -0.670. The lowest BCUT2D eigenvalue weighted by Crippen LogP contribution is -2.29. The zero-order chi connectivity index (χ0) is 12.8. The Morgan fingerprint density at radius 2 is 2.41 bits per heavy atom. The molecule has 1 aromatic heterocycles. The van der Waals surface area contributed by atoms with E-state index in [9.17, 15) is 4.79 Å². The van der Waals surface area contributed by atoms with Crippen LogP contribution < -0.4 is 11.4 Å². The number of hydrogen-bond acceptors (Lipinski definition) is 5. The number of aliphatic hydroxyl groups is 1. The van der Waals surface area contributed by atoms with Crippen LogP contribution in [-0.2, 0) is 4.74 Å². The molecule has 0 fully saturated rings. The molecule has 17 heavy (non-hydrogen) atoms. The number of nitrogens with two attached hydrogens (primary N) is 1. The van der Waals surface area contributed by atoms with E-state index in [2.05, 4.69) is 4.98 Å². The maximum atomic E-state index is 11.7. The lowest BCUT2D eigenvalue weighted by molar-refractivity contribution is -0.00333. The van der Waals surface area contributed by atoms with Gasteiger partial charge < -0.3 is 15.6 Å². The summed E-state index contributed by atoms with van der Waals surface area (Å²) in [4.78, 5) is 15.4. The Balaban J connectivity index is 3.00. The molecule has 3 N–H and O–H groups in total. The van der Waals surface area contributed by atoms with Crippen molar-refractivity contribution in [2.75, 3.05) is 18.9 Å². The normalized spacial score (nSPS) is 12.6. The van der Waals surface area contributed by atoms with Crippen LogP contribution in [0.3, 0.4) is 0 Å². The molecular formula is C10H16IN3O3. The fraction of sp³-hybridized carbons (Fsp3) is 0.600. The molecule has 0 aliphatic carbocycles. The van der Waals surface area contributed by atoms with Crippen molar-refractivity contribution in [3.8, 4) is 0 Å². The van der Waals surface area contributed by atoms with Gasteiger partial charge in [0.15, 0.2) is 0 Å². The predicted molar refractivity (Wildman–Crippen MR) is 72.6 cm³/mol. The first kappa shape index (κ1) is 14.4. The summed E-state index contributed by atoms with van der Waals surface area (Å²) in [5.74, 6) is 0.226. The van der Waals surface area contributed by atoms with Gasteiger partial charge in [-0.3, -0.25) is 4.57 Å². The van der Waals surface area contributed by atoms with Gasteiger partial charge in [0.1, 0.15) is 12.0 Å². The second kappa shape index (κ2) is 6.92. The van der Waals surface area contributed by atoms with E-state index in [1.807, 2.05) is 29.5 Å². The maximum Gasteiger partial charge on any atom is 0.351 e. The summed E-state index contributed by atoms with van der Waals surface area (Å²) >= 11 is 2.01. The molecule has 6 nitrogen and oxygen atoms in total. The number of anilines is 1. The molecule has 0 aromatic carbocycles. The molecule has 0 bridgehead atoms. The molecule has 0 spiro atoms. The van der Waals surface area contributed by atoms with Gasteiger partial charge in [-0.1, -0.05) is 0 Å². The zero-order valence-electron chi connectivity index (χ0n) is 9.60. The second-order valence-electron chi connectivity index (χ2n) is 3.44. The Bertz CT molecular complexity index is 422. The second-order valence-corrected chi connectivity index (χ2v) is 4.60. The van der Waals surface area contributed by atoms with Crippen LogP contribution in [0.2, 0.25) is 0 Å². The summed E-state index contributed by atoms with van der Waals surface area (Å²) < 4.78 is 7.59. The van der Waals surface area contributed by atoms with E-state index < -0.39 is 11.9 Å². The minimum atomic E-state index is -0.431. The number of ether oxygens (including phenoxy) is 1. The maximum absolute atomic E-state index is 11.7. The molecular weight excluding hydrogens is 337 g/mol. The molecule has 1 unspecified atom stereocenters. The van der Waals surface area contributed by atoms with Gasteiger partial charge in [0.2, 0.25) is 0 Å². The molecule has 0 saturated heterocycles. The van der Waals surface area contributed by atoms with Crippen LogP contribution in [-0.4, -0.2) is 27.9 Å². The van der Waals surface area contributed by atoms with E-state index in [1.165, 1.54) is 4.57 Å². The molecule has 1 atom stereocenters. The van der Waals surface area contributed by atoms with Gasteiger partial charge in [0, 0.05) is 19.4 Å². The topological polar surface area (TPSA) is 90.4 Å². The highest BCUT2D eigenvalue weighted by Crippen LogP contribution is 2.16. The van der Waals surface area contributed by atoms with Crippen LogP contribution in [0.4, 0.5) is 5.82 Å². The van der Waals surface area contributed by atoms with Crippen molar-refractivity contribution in [2.24, 2.45) is 0 Å². The molecule has 1 heterocycles. The Kier molecular flexibility index (Phi) is 5.86. The summed E-state index contributed by atoms with van der Waals surface area (Å²) in [6.45, 7) is 2.41. The average molecular weight is 353 g/mol. The highest BCUT2D eigenvalue weighted by molar-refractivity contribution is 14.1. The minimum absolute atomic E-state index is 0.0673. The van der Waals surface area contributed by atoms with Gasteiger partial charge in [-0.05, 0) is 42.4 Å². The van der Waals surface area contributed by atoms with Gasteiger partial charge in [-0.15, -0.1) is 0 Å². The quantitative estimate of drug-likeness (QED) is 0.737. The fourth-order valence-electron chi connectivity index (χ4n) is 1.42. The van der Waals surface area contributed by atoms with Crippen LogP contribution >= 0.6 is 22.6 Å². The van der Waals surface area contributed by atoms with E-state index in [4.69, 9.17) is 15.6 Å². The number of hydrogen-bond donors (Lipinski definition) is 2. The highest BCUT2D eigenvalue weighted by Gasteiger charge is 2.14. The summed E-state index contributed by atoms with van der Waals surface area (Å²) in [5.41, 5.74) is 5.12. The van der Waals surface area contributed by atoms with Gasteiger partial charge in [-0.2, -0.15) is 4.98 Å². The molecule has 0 radical (unpaired) electrons. The number of nitrogen functional groups attached to an aromatic ring is 1. The van der Waals surface area contributed by atoms with Crippen LogP contribution in [0.5, 0.6) is 0 Å². The molecule has 0 amide bonds. The number of nitrogens with zero attached hydrogens (tertiary/aromatic N) is 2. The first-order chi connectivity index (χ1) is 8.10. The third-order valence-corrected chi connectivity index (χ3v) is 3.04. The van der Waals surface area contributed by atoms with Crippen LogP contribution in [0.1, 0.15) is 26.0 Å². The number of aromatic nitrogens is 2. The Morgan fingerprint density at radius 3 is 3.00 bits per heavy atom. The summed E-state index contributed by atoms with van der Waals surface area (Å²) in [6.07, 6.45) is 2.36. The third-order valence-electron chi connectivity index (χ3n) is 2.21. The first-order valence-corrected chi connectivity index (χ1v) is 6.44. The lowest BCUT2D eigenvalue weighted by atomic mass is 10.3. The molecule has 0 saturated carbocycles. The average Bonchev–Trinajstić information content (AvgIpc) is 2.29. The zero-order valence-corrected chi connectivity index (χ0v) is 11.8. The van der Waals surface area contributed by atoms with Gasteiger partial charge in [-0.25, -0.2) is 4.79 Å². The first-order valence-electron chi connectivity index (χ1n) is 5.36. The third kappa shape index (κ3) is 3.93. The molecule has 7 heteroatoms. The van der Waals surface area contributed by atoms with Crippen molar-refractivity contribution in [3.63, 3.8) is 0 Å². The van der Waals surface area contributed by atoms with Gasteiger partial charge >= 0.3 is 5.69 Å². The number of aliphatic hydroxyl groups excluding tert-OH is 1. The van der Waals surface area contributed by atoms with E-state index in [0.29, 0.717) is 23.0 Å². The van der Waals surface area contributed by atoms with Crippen LogP contribution in [0.25, 0.3) is 0 Å². The summed E-state index contributed by atoms with van der Waals surface area (Å²) in [5, 5.41) is 8.82. The lowest BCUT2D eigenvalue weighted by Gasteiger charge is -2.19. The SMILES string of the molecule is CCOC(CCCO)n1cc(I)c(N)nc1=O. The van der Waals surface area contributed by atoms with Crippen molar-refractivity contribution >= 4 is 28.4 Å². The van der Waals surface area contributed by atoms with Crippen molar-refractivity contribution in [3.05, 3.63) is 20.3 Å². The smallest absolute Gasteiger partial charge is 0.351 e. The van der Waals surface area contributed by atoms with Gasteiger partial charge in [0.25, 0.3) is 0 Å². The van der Waals surface area contributed by atoms with E-state index in [0.717, 1.165) is 0 Å². The molecule has 1 rings (SSSR count). The molecule has 0 aliphatic rings. The molecule has 1 aromatic rings. The van der Waals surface area contributed by atoms with Crippen molar-refractivity contribution < 1.29 is 9.84 Å². The van der Waals surface area contributed by atoms with Gasteiger partial charge in [0.05, 0.1) is 3.57 Å². The number of rotatable bonds is 6. The molecule has 0 aliphatic heterocycles. The number of halogens is 1. The fourth-order valence-corrected chi connectivity index (χ4v) is 1.85.